The van der Waals surface area contributed by atoms with Gasteiger partial charge in [0, 0.05) is 38.2 Å². The molecule has 120 valence electrons. The van der Waals surface area contributed by atoms with Gasteiger partial charge in [-0.3, -0.25) is 9.48 Å². The van der Waals surface area contributed by atoms with Crippen molar-refractivity contribution in [3.05, 3.63) is 22.5 Å². The minimum absolute atomic E-state index is 0.0406. The molecule has 2 rings (SSSR count). The Morgan fingerprint density at radius 3 is 2.68 bits per heavy atom. The molecule has 0 bridgehead atoms. The van der Waals surface area contributed by atoms with Gasteiger partial charge in [0.25, 0.3) is 0 Å². The van der Waals surface area contributed by atoms with Gasteiger partial charge in [-0.15, -0.1) is 0 Å². The number of hydrogen-bond donors (Lipinski definition) is 1. The van der Waals surface area contributed by atoms with Crippen molar-refractivity contribution >= 4 is 16.9 Å². The van der Waals surface area contributed by atoms with Crippen molar-refractivity contribution in [3.8, 4) is 0 Å². The van der Waals surface area contributed by atoms with Crippen LogP contribution in [0.25, 0.3) is 11.0 Å². The van der Waals surface area contributed by atoms with E-state index in [0.29, 0.717) is 26.0 Å². The molecular weight excluding hydrogens is 280 g/mol. The molecule has 6 nitrogen and oxygen atoms in total. The van der Waals surface area contributed by atoms with Gasteiger partial charge in [0.05, 0.1) is 12.3 Å². The maximum absolute atomic E-state index is 11.8. The molecule has 1 N–H and O–H groups in total. The first-order chi connectivity index (χ1) is 10.5. The van der Waals surface area contributed by atoms with E-state index in [1.165, 1.54) is 5.56 Å². The van der Waals surface area contributed by atoms with Crippen LogP contribution >= 0.6 is 0 Å². The largest absolute Gasteiger partial charge is 0.383 e. The summed E-state index contributed by atoms with van der Waals surface area (Å²) in [4.78, 5) is 16.5. The molecule has 0 fully saturated rings. The molecule has 2 aromatic heterocycles. The summed E-state index contributed by atoms with van der Waals surface area (Å²) in [6.07, 6.45) is 1.14. The maximum Gasteiger partial charge on any atom is 0.220 e. The molecular formula is C16H24N4O2. The van der Waals surface area contributed by atoms with E-state index in [1.54, 1.807) is 7.11 Å². The Morgan fingerprint density at radius 2 is 2.00 bits per heavy atom. The third kappa shape index (κ3) is 3.27. The van der Waals surface area contributed by atoms with Crippen LogP contribution in [0, 0.1) is 20.8 Å². The number of nitrogens with zero attached hydrogens (tertiary/aromatic N) is 3. The maximum atomic E-state index is 11.8. The van der Waals surface area contributed by atoms with Crippen molar-refractivity contribution in [3.63, 3.8) is 0 Å². The molecule has 0 spiro atoms. The average molecular weight is 304 g/mol. The summed E-state index contributed by atoms with van der Waals surface area (Å²) in [5.41, 5.74) is 5.18. The second-order valence-corrected chi connectivity index (χ2v) is 5.55. The number of nitrogens with one attached hydrogen (secondary N) is 1. The van der Waals surface area contributed by atoms with Gasteiger partial charge < -0.3 is 10.1 Å². The van der Waals surface area contributed by atoms with E-state index in [-0.39, 0.29) is 5.91 Å². The van der Waals surface area contributed by atoms with Gasteiger partial charge in [0.1, 0.15) is 0 Å². The molecule has 0 unspecified atom stereocenters. The van der Waals surface area contributed by atoms with E-state index in [2.05, 4.69) is 22.3 Å². The highest BCUT2D eigenvalue weighted by Crippen LogP contribution is 2.25. The quantitative estimate of drug-likeness (QED) is 0.823. The summed E-state index contributed by atoms with van der Waals surface area (Å²) in [5, 5.41) is 8.38. The SMILES string of the molecule is COCCNC(=O)CCc1c(C)nc2c(c(C)nn2C)c1C. The van der Waals surface area contributed by atoms with Crippen LogP contribution in [0.1, 0.15) is 28.9 Å². The normalized spacial score (nSPS) is 11.1. The third-order valence-corrected chi connectivity index (χ3v) is 3.96. The number of carbonyl (C=O) groups is 1. The second-order valence-electron chi connectivity index (χ2n) is 5.55. The van der Waals surface area contributed by atoms with Crippen molar-refractivity contribution in [2.24, 2.45) is 7.05 Å². The van der Waals surface area contributed by atoms with Crippen LogP contribution in [0.2, 0.25) is 0 Å². The number of fused-ring (bicyclic) bond motifs is 1. The first-order valence-electron chi connectivity index (χ1n) is 7.50. The molecule has 2 aromatic rings. The topological polar surface area (TPSA) is 69.0 Å². The van der Waals surface area contributed by atoms with Crippen molar-refractivity contribution in [2.75, 3.05) is 20.3 Å². The van der Waals surface area contributed by atoms with Crippen LogP contribution in [-0.4, -0.2) is 40.9 Å². The summed E-state index contributed by atoms with van der Waals surface area (Å²) >= 11 is 0. The zero-order valence-electron chi connectivity index (χ0n) is 14.0. The van der Waals surface area contributed by atoms with E-state index in [4.69, 9.17) is 4.74 Å². The Hall–Kier alpha value is -1.95. The Kier molecular flexibility index (Phi) is 5.13. The van der Waals surface area contributed by atoms with Crippen LogP contribution in [0.15, 0.2) is 0 Å². The zero-order valence-corrected chi connectivity index (χ0v) is 14.0. The molecule has 2 heterocycles. The first-order valence-corrected chi connectivity index (χ1v) is 7.50. The molecule has 22 heavy (non-hydrogen) atoms. The minimum Gasteiger partial charge on any atom is -0.383 e. The molecule has 0 aliphatic rings. The summed E-state index contributed by atoms with van der Waals surface area (Å²) in [5.74, 6) is 0.0406. The molecule has 0 aliphatic carbocycles. The number of rotatable bonds is 6. The van der Waals surface area contributed by atoms with Crippen molar-refractivity contribution in [1.29, 1.82) is 0 Å². The second kappa shape index (κ2) is 6.87. The lowest BCUT2D eigenvalue weighted by atomic mass is 9.99. The van der Waals surface area contributed by atoms with Gasteiger partial charge in [-0.25, -0.2) is 4.98 Å². The van der Waals surface area contributed by atoms with Crippen molar-refractivity contribution < 1.29 is 9.53 Å². The van der Waals surface area contributed by atoms with Crippen LogP contribution in [-0.2, 0) is 23.0 Å². The number of pyridine rings is 1. The van der Waals surface area contributed by atoms with Crippen molar-refractivity contribution in [2.45, 2.75) is 33.6 Å². The van der Waals surface area contributed by atoms with Crippen LogP contribution in [0.5, 0.6) is 0 Å². The smallest absolute Gasteiger partial charge is 0.220 e. The lowest BCUT2D eigenvalue weighted by molar-refractivity contribution is -0.121. The van der Waals surface area contributed by atoms with Gasteiger partial charge in [-0.2, -0.15) is 5.10 Å². The lowest BCUT2D eigenvalue weighted by Crippen LogP contribution is -2.27. The highest BCUT2D eigenvalue weighted by atomic mass is 16.5. The number of methoxy groups -OCH3 is 1. The minimum atomic E-state index is 0.0406. The summed E-state index contributed by atoms with van der Waals surface area (Å²) < 4.78 is 6.73. The predicted molar refractivity (Wildman–Crippen MR) is 85.9 cm³/mol. The summed E-state index contributed by atoms with van der Waals surface area (Å²) in [6.45, 7) is 7.16. The van der Waals surface area contributed by atoms with Crippen LogP contribution < -0.4 is 5.32 Å². The molecule has 0 aromatic carbocycles. The van der Waals surface area contributed by atoms with E-state index in [1.807, 2.05) is 25.6 Å². The third-order valence-electron chi connectivity index (χ3n) is 3.96. The zero-order chi connectivity index (χ0) is 16.3. The fourth-order valence-electron chi connectivity index (χ4n) is 2.85. The number of aryl methyl sites for hydroxylation is 4. The van der Waals surface area contributed by atoms with Gasteiger partial charge in [0.15, 0.2) is 5.65 Å². The lowest BCUT2D eigenvalue weighted by Gasteiger charge is -2.11. The highest BCUT2D eigenvalue weighted by molar-refractivity contribution is 5.84. The average Bonchev–Trinajstić information content (AvgIpc) is 2.73. The van der Waals surface area contributed by atoms with Crippen molar-refractivity contribution in [1.82, 2.24) is 20.1 Å². The number of carbonyl (C=O) groups excluding carboxylic acids is 1. The first kappa shape index (κ1) is 16.4. The van der Waals surface area contributed by atoms with E-state index >= 15 is 0 Å². The fourth-order valence-corrected chi connectivity index (χ4v) is 2.85. The number of hydrogen-bond acceptors (Lipinski definition) is 4. The summed E-state index contributed by atoms with van der Waals surface area (Å²) in [7, 11) is 3.53. The Morgan fingerprint density at radius 1 is 1.27 bits per heavy atom. The Balaban J connectivity index is 2.18. The van der Waals surface area contributed by atoms with E-state index in [9.17, 15) is 4.79 Å². The fraction of sp³-hybridized carbons (Fsp3) is 0.562. The molecule has 1 amide bonds. The van der Waals surface area contributed by atoms with Crippen LogP contribution in [0.4, 0.5) is 0 Å². The van der Waals surface area contributed by atoms with Gasteiger partial charge >= 0.3 is 0 Å². The number of amides is 1. The predicted octanol–water partition coefficient (Wildman–Crippen LogP) is 1.59. The van der Waals surface area contributed by atoms with E-state index < -0.39 is 0 Å². The van der Waals surface area contributed by atoms with E-state index in [0.717, 1.165) is 28.0 Å². The standard InChI is InChI=1S/C16H24N4O2/c1-10-13(6-7-14(21)17-8-9-22-5)11(2)18-16-15(10)12(3)19-20(16)4/h6-9H2,1-5H3,(H,17,21). The highest BCUT2D eigenvalue weighted by Gasteiger charge is 2.15. The van der Waals surface area contributed by atoms with Crippen LogP contribution in [0.3, 0.4) is 0 Å². The number of aromatic nitrogens is 3. The van der Waals surface area contributed by atoms with Gasteiger partial charge in [-0.1, -0.05) is 0 Å². The summed E-state index contributed by atoms with van der Waals surface area (Å²) in [6, 6.07) is 0. The Labute approximate surface area is 130 Å². The molecule has 0 atom stereocenters. The molecule has 0 radical (unpaired) electrons. The Bertz CT molecular complexity index is 691. The number of ether oxygens (including phenoxy) is 1. The molecule has 0 saturated carbocycles. The monoisotopic (exact) mass is 304 g/mol. The molecule has 0 aliphatic heterocycles. The molecule has 6 heteroatoms. The van der Waals surface area contributed by atoms with Gasteiger partial charge in [0.2, 0.25) is 5.91 Å². The van der Waals surface area contributed by atoms with Gasteiger partial charge in [-0.05, 0) is 38.3 Å². The molecule has 0 saturated heterocycles.